The second-order valence-electron chi connectivity index (χ2n) is 2.91. The van der Waals surface area contributed by atoms with E-state index in [1.165, 1.54) is 25.7 Å². The van der Waals surface area contributed by atoms with Crippen LogP contribution in [0.2, 0.25) is 0 Å². The minimum Gasteiger partial charge on any atom is -0.0845 e. The smallest absolute Gasteiger partial charge is 0.0347 e. The van der Waals surface area contributed by atoms with Crippen molar-refractivity contribution >= 4 is 0 Å². The van der Waals surface area contributed by atoms with Crippen LogP contribution in [-0.2, 0) is 0 Å². The SMILES string of the molecule is C1=CCCCC\C=C/C=C/C=C\1. The summed E-state index contributed by atoms with van der Waals surface area (Å²) in [5.41, 5.74) is 0. The van der Waals surface area contributed by atoms with E-state index < -0.39 is 0 Å². The quantitative estimate of drug-likeness (QED) is 0.506. The van der Waals surface area contributed by atoms with Gasteiger partial charge in [0.15, 0.2) is 0 Å². The number of rotatable bonds is 0. The molecular weight excluding hydrogens is 144 g/mol. The molecule has 0 saturated heterocycles. The van der Waals surface area contributed by atoms with Crippen LogP contribution in [0.15, 0.2) is 48.6 Å². The Morgan fingerprint density at radius 1 is 0.500 bits per heavy atom. The molecule has 1 rings (SSSR count). The van der Waals surface area contributed by atoms with Crippen LogP contribution >= 0.6 is 0 Å². The summed E-state index contributed by atoms with van der Waals surface area (Å²) < 4.78 is 0. The lowest BCUT2D eigenvalue weighted by atomic mass is 10.1. The average Bonchev–Trinajstić information content (AvgIpc) is 2.05. The molecule has 1 aliphatic carbocycles. The van der Waals surface area contributed by atoms with Crippen molar-refractivity contribution in [1.82, 2.24) is 0 Å². The number of hydrogen-bond acceptors (Lipinski definition) is 0. The molecule has 0 saturated carbocycles. The van der Waals surface area contributed by atoms with Gasteiger partial charge >= 0.3 is 0 Å². The molecule has 0 aromatic carbocycles. The molecule has 0 heterocycles. The van der Waals surface area contributed by atoms with Gasteiger partial charge in [-0.15, -0.1) is 0 Å². The molecule has 0 aromatic heterocycles. The van der Waals surface area contributed by atoms with Gasteiger partial charge in [0.05, 0.1) is 0 Å². The largest absolute Gasteiger partial charge is 0.0845 e. The monoisotopic (exact) mass is 160 g/mol. The first-order chi connectivity index (χ1) is 6.00. The fraction of sp³-hybridized carbons (Fsp3) is 0.333. The second kappa shape index (κ2) is 6.66. The minimum absolute atomic E-state index is 1.21. The van der Waals surface area contributed by atoms with E-state index in [1.807, 2.05) is 0 Å². The Labute approximate surface area is 75.0 Å². The third kappa shape index (κ3) is 4.73. The Morgan fingerprint density at radius 2 is 0.917 bits per heavy atom. The molecule has 1 aliphatic rings. The zero-order chi connectivity index (χ0) is 8.49. The lowest BCUT2D eigenvalue weighted by molar-refractivity contribution is 0.762. The van der Waals surface area contributed by atoms with E-state index in [1.54, 1.807) is 0 Å². The van der Waals surface area contributed by atoms with Gasteiger partial charge in [-0.1, -0.05) is 48.6 Å². The van der Waals surface area contributed by atoms with Crippen LogP contribution in [0.25, 0.3) is 0 Å². The van der Waals surface area contributed by atoms with Crippen molar-refractivity contribution in [3.05, 3.63) is 48.6 Å². The van der Waals surface area contributed by atoms with Gasteiger partial charge in [-0.3, -0.25) is 0 Å². The van der Waals surface area contributed by atoms with Crippen molar-refractivity contribution in [3.8, 4) is 0 Å². The van der Waals surface area contributed by atoms with Crippen LogP contribution < -0.4 is 0 Å². The zero-order valence-electron chi connectivity index (χ0n) is 7.45. The van der Waals surface area contributed by atoms with Crippen LogP contribution in [0.4, 0.5) is 0 Å². The van der Waals surface area contributed by atoms with Crippen molar-refractivity contribution in [3.63, 3.8) is 0 Å². The third-order valence-corrected chi connectivity index (χ3v) is 1.82. The molecule has 0 N–H and O–H groups in total. The molecule has 64 valence electrons. The van der Waals surface area contributed by atoms with Gasteiger partial charge < -0.3 is 0 Å². The summed E-state index contributed by atoms with van der Waals surface area (Å²) in [6.45, 7) is 0. The van der Waals surface area contributed by atoms with Gasteiger partial charge in [-0.2, -0.15) is 0 Å². The van der Waals surface area contributed by atoms with E-state index in [0.29, 0.717) is 0 Å². The molecule has 0 unspecified atom stereocenters. The summed E-state index contributed by atoms with van der Waals surface area (Å²) in [5.74, 6) is 0. The van der Waals surface area contributed by atoms with Crippen molar-refractivity contribution in [1.29, 1.82) is 0 Å². The fourth-order valence-electron chi connectivity index (χ4n) is 1.13. The highest BCUT2D eigenvalue weighted by atomic mass is 13.9. The Hall–Kier alpha value is -1.04. The van der Waals surface area contributed by atoms with Crippen molar-refractivity contribution in [2.75, 3.05) is 0 Å². The third-order valence-electron chi connectivity index (χ3n) is 1.82. The van der Waals surface area contributed by atoms with Crippen molar-refractivity contribution < 1.29 is 0 Å². The Morgan fingerprint density at radius 3 is 1.42 bits per heavy atom. The molecule has 0 spiro atoms. The number of allylic oxidation sites excluding steroid dienone is 8. The fourth-order valence-corrected chi connectivity index (χ4v) is 1.13. The van der Waals surface area contributed by atoms with E-state index in [4.69, 9.17) is 0 Å². The molecule has 0 nitrogen and oxygen atoms in total. The van der Waals surface area contributed by atoms with Gasteiger partial charge in [-0.25, -0.2) is 0 Å². The highest BCUT2D eigenvalue weighted by molar-refractivity contribution is 5.15. The first-order valence-electron chi connectivity index (χ1n) is 4.65. The second-order valence-corrected chi connectivity index (χ2v) is 2.91. The Kier molecular flexibility index (Phi) is 5.02. The van der Waals surface area contributed by atoms with E-state index in [-0.39, 0.29) is 0 Å². The van der Waals surface area contributed by atoms with E-state index in [9.17, 15) is 0 Å². The lowest BCUT2D eigenvalue weighted by Crippen LogP contribution is -1.72. The summed E-state index contributed by atoms with van der Waals surface area (Å²) in [4.78, 5) is 0. The van der Waals surface area contributed by atoms with E-state index in [0.717, 1.165) is 0 Å². The maximum atomic E-state index is 2.23. The van der Waals surface area contributed by atoms with Crippen molar-refractivity contribution in [2.45, 2.75) is 25.7 Å². The zero-order valence-corrected chi connectivity index (χ0v) is 7.45. The number of hydrogen-bond donors (Lipinski definition) is 0. The van der Waals surface area contributed by atoms with Gasteiger partial charge in [0, 0.05) is 0 Å². The minimum atomic E-state index is 1.21. The average molecular weight is 160 g/mol. The topological polar surface area (TPSA) is 0 Å². The summed E-state index contributed by atoms with van der Waals surface area (Å²) in [6, 6.07) is 0. The molecule has 0 aliphatic heterocycles. The summed E-state index contributed by atoms with van der Waals surface area (Å²) in [7, 11) is 0. The van der Waals surface area contributed by atoms with Crippen LogP contribution in [0, 0.1) is 0 Å². The molecule has 0 fully saturated rings. The Bertz CT molecular complexity index is 180. The van der Waals surface area contributed by atoms with Crippen LogP contribution in [0.3, 0.4) is 0 Å². The predicted octanol–water partition coefficient (Wildman–Crippen LogP) is 3.79. The highest BCUT2D eigenvalue weighted by Crippen LogP contribution is 2.02. The summed E-state index contributed by atoms with van der Waals surface area (Å²) in [6.07, 6.45) is 22.0. The molecule has 0 atom stereocenters. The first-order valence-corrected chi connectivity index (χ1v) is 4.65. The normalized spacial score (nSPS) is 26.7. The standard InChI is InChI=1S/C12H16/c1-2-4-6-8-10-12-11-9-7-5-3-1/h1-8H,9-12H2/b3-1-,4-2+,7-5?,8-6-. The maximum absolute atomic E-state index is 2.23. The highest BCUT2D eigenvalue weighted by Gasteiger charge is 1.82. The maximum Gasteiger partial charge on any atom is -0.0347 e. The van der Waals surface area contributed by atoms with Gasteiger partial charge in [0.25, 0.3) is 0 Å². The summed E-state index contributed by atoms with van der Waals surface area (Å²) in [5, 5.41) is 0. The molecule has 12 heavy (non-hydrogen) atoms. The molecule has 0 aromatic rings. The van der Waals surface area contributed by atoms with Gasteiger partial charge in [0.2, 0.25) is 0 Å². The molecule has 0 bridgehead atoms. The van der Waals surface area contributed by atoms with E-state index >= 15 is 0 Å². The lowest BCUT2D eigenvalue weighted by Gasteiger charge is -1.92. The van der Waals surface area contributed by atoms with Crippen LogP contribution in [-0.4, -0.2) is 0 Å². The summed E-state index contributed by atoms with van der Waals surface area (Å²) >= 11 is 0. The van der Waals surface area contributed by atoms with Gasteiger partial charge in [-0.05, 0) is 25.7 Å². The molecule has 0 radical (unpaired) electrons. The Balaban J connectivity index is 2.43. The predicted molar refractivity (Wildman–Crippen MR) is 55.0 cm³/mol. The molecular formula is C12H16. The van der Waals surface area contributed by atoms with Crippen LogP contribution in [0.1, 0.15) is 25.7 Å². The molecule has 0 amide bonds. The van der Waals surface area contributed by atoms with Gasteiger partial charge in [0.1, 0.15) is 0 Å². The van der Waals surface area contributed by atoms with E-state index in [2.05, 4.69) is 48.6 Å². The van der Waals surface area contributed by atoms with Crippen LogP contribution in [0.5, 0.6) is 0 Å². The first kappa shape index (κ1) is 9.05. The van der Waals surface area contributed by atoms with Crippen molar-refractivity contribution in [2.24, 2.45) is 0 Å². The molecule has 0 heteroatoms.